The van der Waals surface area contributed by atoms with Crippen LogP contribution >= 0.6 is 23.2 Å². The van der Waals surface area contributed by atoms with Gasteiger partial charge in [0.15, 0.2) is 0 Å². The maximum atomic E-state index is 12.9. The molecule has 0 aliphatic heterocycles. The largest absolute Gasteiger partial charge is 0.424 e. The normalized spacial score (nSPS) is 13.1. The fraction of sp³-hybridized carbons (Fsp3) is 0.417. The Bertz CT molecular complexity index is 554. The molecule has 10 heteroatoms. The summed E-state index contributed by atoms with van der Waals surface area (Å²) in [6.45, 7) is 0.589. The second-order valence-electron chi connectivity index (χ2n) is 4.22. The van der Waals surface area contributed by atoms with Crippen LogP contribution in [0.3, 0.4) is 0 Å². The van der Waals surface area contributed by atoms with Gasteiger partial charge < -0.3 is 4.74 Å². The first-order valence-corrected chi connectivity index (χ1v) is 6.43. The molecule has 0 spiro atoms. The molecule has 0 heterocycles. The number of halogens is 8. The second kappa shape index (κ2) is 6.16. The predicted octanol–water partition coefficient (Wildman–Crippen LogP) is 5.42. The van der Waals surface area contributed by atoms with E-state index in [1.165, 1.54) is 0 Å². The highest BCUT2D eigenvalue weighted by atomic mass is 35.5. The zero-order chi connectivity index (χ0) is 17.3. The van der Waals surface area contributed by atoms with Crippen molar-refractivity contribution in [2.75, 3.05) is 0 Å². The predicted molar refractivity (Wildman–Crippen MR) is 66.9 cm³/mol. The first-order chi connectivity index (χ1) is 9.86. The van der Waals surface area contributed by atoms with E-state index in [-0.39, 0.29) is 5.02 Å². The van der Waals surface area contributed by atoms with Crippen LogP contribution in [-0.2, 0) is 4.79 Å². The third-order valence-electron chi connectivity index (χ3n) is 2.94. The number of hydrogen-bond donors (Lipinski definition) is 0. The summed E-state index contributed by atoms with van der Waals surface area (Å²) in [5.74, 6) is -3.15. The summed E-state index contributed by atoms with van der Waals surface area (Å²) < 4.78 is 81.7. The fourth-order valence-corrected chi connectivity index (χ4v) is 2.13. The number of alkyl halides is 6. The molecule has 0 radical (unpaired) electrons. The van der Waals surface area contributed by atoms with Gasteiger partial charge in [-0.3, -0.25) is 4.79 Å². The summed E-state index contributed by atoms with van der Waals surface area (Å²) in [6.07, 6.45) is -13.3. The first-order valence-electron chi connectivity index (χ1n) is 5.67. The van der Waals surface area contributed by atoms with E-state index >= 15 is 0 Å². The molecule has 0 atom stereocenters. The lowest BCUT2D eigenvalue weighted by Gasteiger charge is -2.33. The lowest BCUT2D eigenvalue weighted by atomic mass is 9.83. The Morgan fingerprint density at radius 2 is 1.59 bits per heavy atom. The van der Waals surface area contributed by atoms with Crippen LogP contribution in [0.5, 0.6) is 5.75 Å². The van der Waals surface area contributed by atoms with Gasteiger partial charge in [-0.05, 0) is 24.6 Å². The molecular formula is C12H8Cl2F6O2. The highest BCUT2D eigenvalue weighted by Crippen LogP contribution is 2.53. The van der Waals surface area contributed by atoms with Gasteiger partial charge in [0.05, 0.1) is 5.02 Å². The van der Waals surface area contributed by atoms with E-state index < -0.39 is 40.9 Å². The minimum atomic E-state index is -5.88. The molecule has 0 fully saturated rings. The lowest BCUT2D eigenvalue weighted by molar-refractivity contribution is -0.330. The average molecular weight is 369 g/mol. The number of rotatable bonds is 3. The molecule has 1 rings (SSSR count). The summed E-state index contributed by atoms with van der Waals surface area (Å²) in [4.78, 5) is 11.6. The summed E-state index contributed by atoms with van der Waals surface area (Å²) in [5.41, 5.74) is -4.64. The van der Waals surface area contributed by atoms with Crippen molar-refractivity contribution >= 4 is 29.2 Å². The molecule has 0 saturated heterocycles. The van der Waals surface area contributed by atoms with Crippen molar-refractivity contribution in [1.82, 2.24) is 0 Å². The molecule has 0 unspecified atom stereocenters. The van der Waals surface area contributed by atoms with E-state index in [0.29, 0.717) is 6.92 Å². The minimum absolute atomic E-state index is 0.0678. The van der Waals surface area contributed by atoms with Crippen LogP contribution in [0.2, 0.25) is 10.0 Å². The quantitative estimate of drug-likeness (QED) is 0.404. The number of carbonyl (C=O) groups excluding carboxylic acids is 1. The lowest BCUT2D eigenvalue weighted by Crippen LogP contribution is -2.56. The van der Waals surface area contributed by atoms with E-state index in [9.17, 15) is 31.1 Å². The van der Waals surface area contributed by atoms with Crippen LogP contribution < -0.4 is 4.74 Å². The molecule has 0 bridgehead atoms. The maximum absolute atomic E-state index is 12.9. The molecule has 0 aliphatic carbocycles. The Morgan fingerprint density at radius 1 is 1.09 bits per heavy atom. The van der Waals surface area contributed by atoms with Crippen molar-refractivity contribution < 1.29 is 35.9 Å². The van der Waals surface area contributed by atoms with E-state index in [4.69, 9.17) is 23.2 Å². The van der Waals surface area contributed by atoms with Gasteiger partial charge in [-0.25, -0.2) is 0 Å². The molecule has 0 aromatic heterocycles. The molecule has 1 aromatic rings. The Balaban J connectivity index is 3.30. The zero-order valence-electron chi connectivity index (χ0n) is 10.8. The van der Waals surface area contributed by atoms with Gasteiger partial charge in [0.1, 0.15) is 5.75 Å². The van der Waals surface area contributed by atoms with Gasteiger partial charge in [-0.2, -0.15) is 26.3 Å². The van der Waals surface area contributed by atoms with E-state index in [1.807, 2.05) is 0 Å². The number of hydrogen-bond acceptors (Lipinski definition) is 2. The second-order valence-corrected chi connectivity index (χ2v) is 5.06. The molecular weight excluding hydrogens is 361 g/mol. The Labute approximate surface area is 130 Å². The highest BCUT2D eigenvalue weighted by molar-refractivity contribution is 6.35. The highest BCUT2D eigenvalue weighted by Gasteiger charge is 2.75. The van der Waals surface area contributed by atoms with Crippen LogP contribution in [-0.4, -0.2) is 18.3 Å². The Hall–Kier alpha value is -1.15. The monoisotopic (exact) mass is 368 g/mol. The van der Waals surface area contributed by atoms with Gasteiger partial charge >= 0.3 is 18.3 Å². The fourth-order valence-electron chi connectivity index (χ4n) is 1.68. The molecule has 22 heavy (non-hydrogen) atoms. The van der Waals surface area contributed by atoms with Crippen LogP contribution in [0.25, 0.3) is 0 Å². The molecule has 0 N–H and O–H groups in total. The molecule has 124 valence electrons. The summed E-state index contributed by atoms with van der Waals surface area (Å²) in [5, 5.41) is -0.326. The summed E-state index contributed by atoms with van der Waals surface area (Å²) in [6, 6.07) is 3.01. The number of ether oxygens (including phenoxy) is 1. The molecule has 0 amide bonds. The van der Waals surface area contributed by atoms with Gasteiger partial charge in [0.25, 0.3) is 5.41 Å². The SMILES string of the molecule is CCC(C(=O)Oc1ccc(Cl)cc1Cl)(C(F)(F)F)C(F)(F)F. The Morgan fingerprint density at radius 3 is 1.95 bits per heavy atom. The third kappa shape index (κ3) is 3.27. The van der Waals surface area contributed by atoms with Gasteiger partial charge in [0, 0.05) is 5.02 Å². The van der Waals surface area contributed by atoms with Crippen molar-refractivity contribution in [2.24, 2.45) is 5.41 Å². The van der Waals surface area contributed by atoms with Crippen molar-refractivity contribution in [3.63, 3.8) is 0 Å². The average Bonchev–Trinajstić information content (AvgIpc) is 2.30. The summed E-state index contributed by atoms with van der Waals surface area (Å²) >= 11 is 11.1. The Kier molecular flexibility index (Phi) is 5.29. The van der Waals surface area contributed by atoms with Crippen LogP contribution in [0.15, 0.2) is 18.2 Å². The zero-order valence-corrected chi connectivity index (χ0v) is 12.3. The number of esters is 1. The number of benzene rings is 1. The summed E-state index contributed by atoms with van der Waals surface area (Å²) in [7, 11) is 0. The molecule has 0 aliphatic rings. The molecule has 1 aromatic carbocycles. The van der Waals surface area contributed by atoms with Crippen molar-refractivity contribution in [3.05, 3.63) is 28.2 Å². The van der Waals surface area contributed by atoms with Crippen molar-refractivity contribution in [3.8, 4) is 5.75 Å². The number of carbonyl (C=O) groups is 1. The van der Waals surface area contributed by atoms with E-state index in [1.54, 1.807) is 0 Å². The van der Waals surface area contributed by atoms with Gasteiger partial charge in [-0.15, -0.1) is 0 Å². The van der Waals surface area contributed by atoms with Crippen molar-refractivity contribution in [2.45, 2.75) is 25.7 Å². The van der Waals surface area contributed by atoms with Gasteiger partial charge in [0.2, 0.25) is 0 Å². The third-order valence-corrected chi connectivity index (χ3v) is 3.47. The van der Waals surface area contributed by atoms with Crippen LogP contribution in [0, 0.1) is 5.41 Å². The van der Waals surface area contributed by atoms with E-state index in [0.717, 1.165) is 18.2 Å². The molecule has 0 saturated carbocycles. The van der Waals surface area contributed by atoms with E-state index in [2.05, 4.69) is 4.74 Å². The maximum Gasteiger partial charge on any atom is 0.413 e. The standard InChI is InChI=1S/C12H8Cl2F6O2/c1-2-10(11(15,16)17,12(18,19)20)9(21)22-8-4-3-6(13)5-7(8)14/h3-5H,2H2,1H3. The van der Waals surface area contributed by atoms with Gasteiger partial charge in [-0.1, -0.05) is 30.1 Å². The minimum Gasteiger partial charge on any atom is -0.424 e. The smallest absolute Gasteiger partial charge is 0.413 e. The topological polar surface area (TPSA) is 26.3 Å². The van der Waals surface area contributed by atoms with Crippen LogP contribution in [0.1, 0.15) is 13.3 Å². The van der Waals surface area contributed by atoms with Crippen LogP contribution in [0.4, 0.5) is 26.3 Å². The van der Waals surface area contributed by atoms with Crippen molar-refractivity contribution in [1.29, 1.82) is 0 Å². The first kappa shape index (κ1) is 18.9. The molecule has 2 nitrogen and oxygen atoms in total.